The zero-order valence-electron chi connectivity index (χ0n) is 11.4. The van der Waals surface area contributed by atoms with Gasteiger partial charge in [-0.15, -0.1) is 0 Å². The lowest BCUT2D eigenvalue weighted by atomic mass is 10.2. The number of aromatic nitrogens is 1. The van der Waals surface area contributed by atoms with Crippen LogP contribution in [0.1, 0.15) is 35.8 Å². The average molecular weight is 262 g/mol. The second kappa shape index (κ2) is 6.63. The molecular formula is C14H22N4O. The molecule has 0 aliphatic carbocycles. The Kier molecular flexibility index (Phi) is 4.87. The van der Waals surface area contributed by atoms with E-state index < -0.39 is 0 Å². The molecule has 1 aromatic heterocycles. The number of amides is 1. The van der Waals surface area contributed by atoms with Crippen molar-refractivity contribution in [3.05, 3.63) is 29.6 Å². The fourth-order valence-corrected chi connectivity index (χ4v) is 2.38. The summed E-state index contributed by atoms with van der Waals surface area (Å²) < 4.78 is 0. The molecule has 2 rings (SSSR count). The summed E-state index contributed by atoms with van der Waals surface area (Å²) in [5.41, 5.74) is 6.89. The third-order valence-electron chi connectivity index (χ3n) is 3.61. The molecule has 5 nitrogen and oxygen atoms in total. The lowest BCUT2D eigenvalue weighted by Crippen LogP contribution is -2.40. The van der Waals surface area contributed by atoms with Gasteiger partial charge in [-0.05, 0) is 45.0 Å². The fourth-order valence-electron chi connectivity index (χ4n) is 2.38. The summed E-state index contributed by atoms with van der Waals surface area (Å²) in [5.74, 6) is -0.0526. The molecule has 1 aromatic rings. The van der Waals surface area contributed by atoms with Crippen LogP contribution in [0.4, 0.5) is 0 Å². The molecule has 0 bridgehead atoms. The van der Waals surface area contributed by atoms with Crippen LogP contribution in [0.3, 0.4) is 0 Å². The molecule has 1 aliphatic rings. The molecule has 5 heteroatoms. The van der Waals surface area contributed by atoms with Crippen LogP contribution >= 0.6 is 0 Å². The maximum Gasteiger partial charge on any atom is 0.251 e. The second-order valence-corrected chi connectivity index (χ2v) is 5.04. The van der Waals surface area contributed by atoms with Gasteiger partial charge in [0.2, 0.25) is 0 Å². The monoisotopic (exact) mass is 262 g/mol. The number of hydrogen-bond acceptors (Lipinski definition) is 4. The van der Waals surface area contributed by atoms with Gasteiger partial charge in [0.15, 0.2) is 0 Å². The first-order valence-corrected chi connectivity index (χ1v) is 6.88. The molecular weight excluding hydrogens is 240 g/mol. The number of pyridine rings is 1. The van der Waals surface area contributed by atoms with Gasteiger partial charge in [0.25, 0.3) is 5.91 Å². The molecule has 2 heterocycles. The van der Waals surface area contributed by atoms with Crippen LogP contribution in [0, 0.1) is 0 Å². The summed E-state index contributed by atoms with van der Waals surface area (Å²) in [7, 11) is 0. The van der Waals surface area contributed by atoms with Gasteiger partial charge >= 0.3 is 0 Å². The van der Waals surface area contributed by atoms with E-state index in [0.29, 0.717) is 24.7 Å². The minimum absolute atomic E-state index is 0.0526. The Hall–Kier alpha value is -1.46. The SMILES string of the molecule is CC(CNC(=O)c1ccnc(CN)c1)N1CCCC1. The van der Waals surface area contributed by atoms with E-state index in [4.69, 9.17) is 5.73 Å². The maximum atomic E-state index is 12.0. The Morgan fingerprint density at radius 2 is 2.26 bits per heavy atom. The standard InChI is InChI=1S/C14H22N4O/c1-11(18-6-2-3-7-18)10-17-14(19)12-4-5-16-13(8-12)9-15/h4-5,8,11H,2-3,6-7,9-10,15H2,1H3,(H,17,19). The highest BCUT2D eigenvalue weighted by Crippen LogP contribution is 2.11. The van der Waals surface area contributed by atoms with Gasteiger partial charge in [-0.25, -0.2) is 0 Å². The number of likely N-dealkylation sites (tertiary alicyclic amines) is 1. The van der Waals surface area contributed by atoms with E-state index in [9.17, 15) is 4.79 Å². The van der Waals surface area contributed by atoms with Gasteiger partial charge in [0.05, 0.1) is 5.69 Å². The van der Waals surface area contributed by atoms with Gasteiger partial charge in [-0.1, -0.05) is 0 Å². The summed E-state index contributed by atoms with van der Waals surface area (Å²) in [6.45, 7) is 5.47. The fraction of sp³-hybridized carbons (Fsp3) is 0.571. The Labute approximate surface area is 114 Å². The van der Waals surface area contributed by atoms with Crippen LogP contribution in [0.2, 0.25) is 0 Å². The molecule has 1 amide bonds. The quantitative estimate of drug-likeness (QED) is 0.821. The molecule has 19 heavy (non-hydrogen) atoms. The number of nitrogens with one attached hydrogen (secondary N) is 1. The van der Waals surface area contributed by atoms with Crippen LogP contribution in [-0.4, -0.2) is 41.5 Å². The highest BCUT2D eigenvalue weighted by molar-refractivity contribution is 5.94. The van der Waals surface area contributed by atoms with E-state index in [0.717, 1.165) is 18.8 Å². The topological polar surface area (TPSA) is 71.2 Å². The molecule has 3 N–H and O–H groups in total. The van der Waals surface area contributed by atoms with E-state index in [1.807, 2.05) is 0 Å². The van der Waals surface area contributed by atoms with Gasteiger partial charge in [0, 0.05) is 30.9 Å². The van der Waals surface area contributed by atoms with Gasteiger partial charge in [-0.2, -0.15) is 0 Å². The number of rotatable bonds is 5. The molecule has 0 aromatic carbocycles. The first-order valence-electron chi connectivity index (χ1n) is 6.88. The Morgan fingerprint density at radius 1 is 1.53 bits per heavy atom. The molecule has 104 valence electrons. The zero-order valence-corrected chi connectivity index (χ0v) is 11.4. The van der Waals surface area contributed by atoms with E-state index in [1.54, 1.807) is 18.3 Å². The van der Waals surface area contributed by atoms with Crippen molar-refractivity contribution in [1.82, 2.24) is 15.2 Å². The number of nitrogens with two attached hydrogens (primary N) is 1. The van der Waals surface area contributed by atoms with Crippen molar-refractivity contribution in [2.24, 2.45) is 5.73 Å². The van der Waals surface area contributed by atoms with Crippen LogP contribution in [0.5, 0.6) is 0 Å². The van der Waals surface area contributed by atoms with E-state index >= 15 is 0 Å². The molecule has 1 aliphatic heterocycles. The van der Waals surface area contributed by atoms with E-state index in [2.05, 4.69) is 22.1 Å². The highest BCUT2D eigenvalue weighted by Gasteiger charge is 2.18. The minimum atomic E-state index is -0.0526. The predicted molar refractivity (Wildman–Crippen MR) is 74.7 cm³/mol. The Morgan fingerprint density at radius 3 is 2.95 bits per heavy atom. The van der Waals surface area contributed by atoms with Crippen molar-refractivity contribution in [2.45, 2.75) is 32.4 Å². The van der Waals surface area contributed by atoms with Crippen LogP contribution in [-0.2, 0) is 6.54 Å². The predicted octanol–water partition coefficient (Wildman–Crippen LogP) is 0.754. The lowest BCUT2D eigenvalue weighted by molar-refractivity contribution is 0.0940. The van der Waals surface area contributed by atoms with Crippen molar-refractivity contribution in [3.8, 4) is 0 Å². The molecule has 1 saturated heterocycles. The molecule has 1 unspecified atom stereocenters. The molecule has 1 atom stereocenters. The Balaban J connectivity index is 1.86. The van der Waals surface area contributed by atoms with Gasteiger partial charge in [0.1, 0.15) is 0 Å². The normalized spacial score (nSPS) is 17.4. The second-order valence-electron chi connectivity index (χ2n) is 5.04. The van der Waals surface area contributed by atoms with Gasteiger partial charge < -0.3 is 11.1 Å². The molecule has 0 saturated carbocycles. The third-order valence-corrected chi connectivity index (χ3v) is 3.61. The number of nitrogens with zero attached hydrogens (tertiary/aromatic N) is 2. The number of hydrogen-bond donors (Lipinski definition) is 2. The lowest BCUT2D eigenvalue weighted by Gasteiger charge is -2.23. The Bertz CT molecular complexity index is 429. The highest BCUT2D eigenvalue weighted by atomic mass is 16.1. The first-order chi connectivity index (χ1) is 9.20. The summed E-state index contributed by atoms with van der Waals surface area (Å²) in [5, 5.41) is 2.98. The van der Waals surface area contributed by atoms with Crippen molar-refractivity contribution in [1.29, 1.82) is 0 Å². The van der Waals surface area contributed by atoms with Crippen LogP contribution in [0.25, 0.3) is 0 Å². The van der Waals surface area contributed by atoms with Gasteiger partial charge in [-0.3, -0.25) is 14.7 Å². The largest absolute Gasteiger partial charge is 0.350 e. The average Bonchev–Trinajstić information content (AvgIpc) is 2.98. The van der Waals surface area contributed by atoms with Crippen molar-refractivity contribution in [2.75, 3.05) is 19.6 Å². The third kappa shape index (κ3) is 3.75. The number of carbonyl (C=O) groups is 1. The van der Waals surface area contributed by atoms with Crippen LogP contribution in [0.15, 0.2) is 18.3 Å². The number of carbonyl (C=O) groups excluding carboxylic acids is 1. The molecule has 0 radical (unpaired) electrons. The zero-order chi connectivity index (χ0) is 13.7. The molecule has 1 fully saturated rings. The maximum absolute atomic E-state index is 12.0. The van der Waals surface area contributed by atoms with E-state index in [1.165, 1.54) is 12.8 Å². The first kappa shape index (κ1) is 14.0. The summed E-state index contributed by atoms with van der Waals surface area (Å²) in [4.78, 5) is 18.5. The minimum Gasteiger partial charge on any atom is -0.350 e. The molecule has 0 spiro atoms. The smallest absolute Gasteiger partial charge is 0.251 e. The van der Waals surface area contributed by atoms with Crippen LogP contribution < -0.4 is 11.1 Å². The summed E-state index contributed by atoms with van der Waals surface area (Å²) in [6.07, 6.45) is 4.16. The van der Waals surface area contributed by atoms with Crippen molar-refractivity contribution >= 4 is 5.91 Å². The summed E-state index contributed by atoms with van der Waals surface area (Å²) >= 11 is 0. The summed E-state index contributed by atoms with van der Waals surface area (Å²) in [6, 6.07) is 3.85. The van der Waals surface area contributed by atoms with Crippen molar-refractivity contribution in [3.63, 3.8) is 0 Å². The van der Waals surface area contributed by atoms with E-state index in [-0.39, 0.29) is 5.91 Å². The van der Waals surface area contributed by atoms with Crippen molar-refractivity contribution < 1.29 is 4.79 Å².